The fourth-order valence-corrected chi connectivity index (χ4v) is 4.39. The molecule has 1 fully saturated rings. The third kappa shape index (κ3) is 4.03. The van der Waals surface area contributed by atoms with E-state index in [1.807, 2.05) is 49.5 Å². The topological polar surface area (TPSA) is 63.1 Å². The average Bonchev–Trinajstić information content (AvgIpc) is 3.29. The lowest BCUT2D eigenvalue weighted by Gasteiger charge is -2.32. The van der Waals surface area contributed by atoms with E-state index >= 15 is 0 Å². The van der Waals surface area contributed by atoms with E-state index in [0.29, 0.717) is 11.6 Å². The van der Waals surface area contributed by atoms with E-state index in [4.69, 9.17) is 4.98 Å². The summed E-state index contributed by atoms with van der Waals surface area (Å²) in [7, 11) is 3.87. The van der Waals surface area contributed by atoms with Crippen LogP contribution in [0, 0.1) is 6.92 Å². The van der Waals surface area contributed by atoms with Crippen molar-refractivity contribution >= 4 is 53.1 Å². The molecule has 0 radical (unpaired) electrons. The molecule has 0 spiro atoms. The van der Waals surface area contributed by atoms with Crippen molar-refractivity contribution in [1.29, 1.82) is 0 Å². The molecule has 0 aromatic carbocycles. The number of halogens is 2. The number of carbonyl (C=O) groups excluding carboxylic acids is 1. The first kappa shape index (κ1) is 22.6. The van der Waals surface area contributed by atoms with Gasteiger partial charge in [0.1, 0.15) is 0 Å². The molecular weight excluding hydrogens is 417 g/mol. The zero-order valence-electron chi connectivity index (χ0n) is 16.1. The number of thiophene rings is 1. The van der Waals surface area contributed by atoms with Crippen LogP contribution in [0.15, 0.2) is 23.6 Å². The first-order valence-corrected chi connectivity index (χ1v) is 9.81. The summed E-state index contributed by atoms with van der Waals surface area (Å²) in [6.07, 6.45) is 1.97. The van der Waals surface area contributed by atoms with Gasteiger partial charge in [0.2, 0.25) is 0 Å². The summed E-state index contributed by atoms with van der Waals surface area (Å²) in [4.78, 5) is 21.1. The van der Waals surface area contributed by atoms with Gasteiger partial charge in [0.25, 0.3) is 5.91 Å². The van der Waals surface area contributed by atoms with E-state index in [0.717, 1.165) is 53.2 Å². The van der Waals surface area contributed by atoms with Gasteiger partial charge in [0.05, 0.1) is 27.2 Å². The molecule has 1 amide bonds. The van der Waals surface area contributed by atoms with Crippen molar-refractivity contribution < 1.29 is 4.79 Å². The Labute approximate surface area is 181 Å². The number of rotatable bonds is 3. The minimum absolute atomic E-state index is 0. The van der Waals surface area contributed by atoms with E-state index in [2.05, 4.69) is 10.4 Å². The van der Waals surface area contributed by atoms with E-state index in [9.17, 15) is 4.79 Å². The Morgan fingerprint density at radius 1 is 1.29 bits per heavy atom. The van der Waals surface area contributed by atoms with Gasteiger partial charge >= 0.3 is 0 Å². The predicted molar refractivity (Wildman–Crippen MR) is 119 cm³/mol. The molecule has 3 aromatic heterocycles. The predicted octanol–water partition coefficient (Wildman–Crippen LogP) is 3.67. The van der Waals surface area contributed by atoms with Crippen LogP contribution < -0.4 is 5.32 Å². The zero-order valence-corrected chi connectivity index (χ0v) is 18.6. The molecule has 0 atom stereocenters. The molecule has 0 bridgehead atoms. The second-order valence-electron chi connectivity index (χ2n) is 6.80. The molecule has 1 N–H and O–H groups in total. The molecule has 0 unspecified atom stereocenters. The highest BCUT2D eigenvalue weighted by Gasteiger charge is 2.26. The van der Waals surface area contributed by atoms with Gasteiger partial charge in [-0.05, 0) is 44.3 Å². The second kappa shape index (κ2) is 9.22. The number of nitrogens with zero attached hydrogens (tertiary/aromatic N) is 4. The smallest absolute Gasteiger partial charge is 0.254 e. The van der Waals surface area contributed by atoms with Gasteiger partial charge in [-0.25, -0.2) is 4.98 Å². The molecule has 6 nitrogen and oxygen atoms in total. The van der Waals surface area contributed by atoms with Crippen LogP contribution in [0.4, 0.5) is 0 Å². The molecule has 1 saturated heterocycles. The minimum atomic E-state index is 0. The minimum Gasteiger partial charge on any atom is -0.339 e. The molecule has 0 saturated carbocycles. The van der Waals surface area contributed by atoms with Gasteiger partial charge in [-0.1, -0.05) is 6.07 Å². The van der Waals surface area contributed by atoms with Crippen molar-refractivity contribution in [2.45, 2.75) is 25.8 Å². The summed E-state index contributed by atoms with van der Waals surface area (Å²) in [6, 6.07) is 6.48. The molecule has 28 heavy (non-hydrogen) atoms. The molecule has 1 aliphatic heterocycles. The highest BCUT2D eigenvalue weighted by molar-refractivity contribution is 7.13. The van der Waals surface area contributed by atoms with Gasteiger partial charge in [-0.3, -0.25) is 9.48 Å². The highest BCUT2D eigenvalue weighted by Crippen LogP contribution is 2.30. The maximum Gasteiger partial charge on any atom is 0.254 e. The lowest BCUT2D eigenvalue weighted by molar-refractivity contribution is 0.0709. The summed E-state index contributed by atoms with van der Waals surface area (Å²) in [6.45, 7) is 3.50. The van der Waals surface area contributed by atoms with Gasteiger partial charge in [0.15, 0.2) is 5.65 Å². The number of piperidine rings is 1. The summed E-state index contributed by atoms with van der Waals surface area (Å²) in [5.41, 5.74) is 3.17. The second-order valence-corrected chi connectivity index (χ2v) is 7.74. The van der Waals surface area contributed by atoms with Gasteiger partial charge in [-0.15, -0.1) is 36.2 Å². The first-order valence-electron chi connectivity index (χ1n) is 8.93. The zero-order chi connectivity index (χ0) is 18.3. The van der Waals surface area contributed by atoms with Crippen molar-refractivity contribution in [3.8, 4) is 10.6 Å². The van der Waals surface area contributed by atoms with E-state index in [1.54, 1.807) is 16.0 Å². The molecule has 1 aliphatic rings. The van der Waals surface area contributed by atoms with Crippen molar-refractivity contribution in [2.75, 3.05) is 20.1 Å². The number of carbonyl (C=O) groups is 1. The van der Waals surface area contributed by atoms with Crippen molar-refractivity contribution in [3.63, 3.8) is 0 Å². The Bertz CT molecular complexity index is 949. The SMILES string of the molecule is CNC1CCN(C(=O)c2cc(-c3cccs3)nc3c2c(C)nn3C)CC1.Cl.Cl. The number of fused-ring (bicyclic) bond motifs is 1. The first-order chi connectivity index (χ1) is 12.6. The van der Waals surface area contributed by atoms with Crippen LogP contribution in [0.5, 0.6) is 0 Å². The summed E-state index contributed by atoms with van der Waals surface area (Å²) in [5.74, 6) is 0.0841. The van der Waals surface area contributed by atoms with Crippen molar-refractivity contribution in [2.24, 2.45) is 7.05 Å². The number of pyridine rings is 1. The van der Waals surface area contributed by atoms with Crippen molar-refractivity contribution in [3.05, 3.63) is 34.8 Å². The van der Waals surface area contributed by atoms with E-state index in [-0.39, 0.29) is 30.7 Å². The monoisotopic (exact) mass is 441 g/mol. The molecule has 9 heteroatoms. The fourth-order valence-electron chi connectivity index (χ4n) is 3.71. The molecule has 4 heterocycles. The van der Waals surface area contributed by atoms with Gasteiger partial charge in [-0.2, -0.15) is 5.10 Å². The third-order valence-electron chi connectivity index (χ3n) is 5.16. The molecule has 0 aliphatic carbocycles. The number of nitrogens with one attached hydrogen (secondary N) is 1. The number of hydrogen-bond acceptors (Lipinski definition) is 5. The average molecular weight is 442 g/mol. The Kier molecular flexibility index (Phi) is 7.45. The quantitative estimate of drug-likeness (QED) is 0.673. The number of likely N-dealkylation sites (tertiary alicyclic amines) is 1. The van der Waals surface area contributed by atoms with Crippen LogP contribution in [0.3, 0.4) is 0 Å². The van der Waals surface area contributed by atoms with E-state index in [1.165, 1.54) is 0 Å². The van der Waals surface area contributed by atoms with Crippen LogP contribution in [-0.4, -0.2) is 51.8 Å². The largest absolute Gasteiger partial charge is 0.339 e. The summed E-state index contributed by atoms with van der Waals surface area (Å²) >= 11 is 1.63. The highest BCUT2D eigenvalue weighted by atomic mass is 35.5. The maximum atomic E-state index is 13.3. The number of amides is 1. The standard InChI is InChI=1S/C19H23N5OS.2ClH/c1-12-17-14(19(25)24-8-6-13(20-2)7-9-24)11-15(16-5-4-10-26-16)21-18(17)23(3)22-12;;/h4-5,10-11,13,20H,6-9H2,1-3H3;2*1H. The Morgan fingerprint density at radius 3 is 2.61 bits per heavy atom. The number of aromatic nitrogens is 3. The maximum absolute atomic E-state index is 13.3. The normalized spacial score (nSPS) is 14.6. The Hall–Kier alpha value is -1.67. The van der Waals surface area contributed by atoms with Gasteiger partial charge < -0.3 is 10.2 Å². The lowest BCUT2D eigenvalue weighted by atomic mass is 10.0. The number of aryl methyl sites for hydroxylation is 2. The fraction of sp³-hybridized carbons (Fsp3) is 0.421. The van der Waals surface area contributed by atoms with E-state index < -0.39 is 0 Å². The molecule has 4 rings (SSSR count). The number of hydrogen-bond donors (Lipinski definition) is 1. The molecule has 152 valence electrons. The van der Waals surface area contributed by atoms with Crippen molar-refractivity contribution in [1.82, 2.24) is 25.0 Å². The lowest BCUT2D eigenvalue weighted by Crippen LogP contribution is -2.44. The molecule has 3 aromatic rings. The van der Waals surface area contributed by atoms with Crippen LogP contribution in [0.1, 0.15) is 28.9 Å². The van der Waals surface area contributed by atoms with Crippen LogP contribution in [0.25, 0.3) is 21.6 Å². The third-order valence-corrected chi connectivity index (χ3v) is 6.06. The van der Waals surface area contributed by atoms with Gasteiger partial charge in [0, 0.05) is 26.2 Å². The van der Waals surface area contributed by atoms with Crippen LogP contribution in [0.2, 0.25) is 0 Å². The summed E-state index contributed by atoms with van der Waals surface area (Å²) in [5, 5.41) is 10.7. The van der Waals surface area contributed by atoms with Crippen LogP contribution in [-0.2, 0) is 7.05 Å². The van der Waals surface area contributed by atoms with Crippen LogP contribution >= 0.6 is 36.2 Å². The molecular formula is C19H25Cl2N5OS. The Morgan fingerprint density at radius 2 is 2.00 bits per heavy atom. The summed E-state index contributed by atoms with van der Waals surface area (Å²) < 4.78 is 1.77. The Balaban J connectivity index is 0.00000140.